The maximum Gasteiger partial charge on any atom is 0.0967 e. The lowest BCUT2D eigenvalue weighted by Gasteiger charge is -2.09. The van der Waals surface area contributed by atoms with Crippen LogP contribution in [0.5, 0.6) is 0 Å². The van der Waals surface area contributed by atoms with Crippen molar-refractivity contribution in [2.24, 2.45) is 0 Å². The Morgan fingerprint density at radius 1 is 0.900 bits per heavy atom. The zero-order chi connectivity index (χ0) is 6.95. The molecule has 0 aliphatic carbocycles. The van der Waals surface area contributed by atoms with E-state index in [4.69, 9.17) is 32.7 Å². The van der Waals surface area contributed by atoms with Crippen molar-refractivity contribution in [3.05, 3.63) is 0 Å². The SMILES string of the molecule is C1COCCO1.ClCCl.O. The Labute approximate surface area is 70.5 Å². The summed E-state index contributed by atoms with van der Waals surface area (Å²) in [6, 6.07) is 0. The summed E-state index contributed by atoms with van der Waals surface area (Å²) in [5, 5.41) is 0.194. The molecule has 0 atom stereocenters. The van der Waals surface area contributed by atoms with Gasteiger partial charge in [0.2, 0.25) is 0 Å². The minimum atomic E-state index is 0. The fourth-order valence-corrected chi connectivity index (χ4v) is 0.440. The molecule has 1 heterocycles. The minimum Gasteiger partial charge on any atom is -0.412 e. The number of rotatable bonds is 0. The fraction of sp³-hybridized carbons (Fsp3) is 1.00. The van der Waals surface area contributed by atoms with Gasteiger partial charge < -0.3 is 14.9 Å². The van der Waals surface area contributed by atoms with Gasteiger partial charge in [-0.3, -0.25) is 0 Å². The highest BCUT2D eigenvalue weighted by molar-refractivity contribution is 6.40. The third-order valence-electron chi connectivity index (χ3n) is 0.744. The number of hydrogen-bond donors (Lipinski definition) is 0. The number of alkyl halides is 2. The normalized spacial score (nSPS) is 16.2. The van der Waals surface area contributed by atoms with Gasteiger partial charge >= 0.3 is 0 Å². The van der Waals surface area contributed by atoms with Crippen LogP contribution < -0.4 is 0 Å². The Bertz CT molecular complexity index is 38.6. The van der Waals surface area contributed by atoms with E-state index in [1.54, 1.807) is 0 Å². The van der Waals surface area contributed by atoms with Gasteiger partial charge in [-0.15, -0.1) is 23.2 Å². The quantitative estimate of drug-likeness (QED) is 0.527. The fourth-order valence-electron chi connectivity index (χ4n) is 0.440. The second kappa shape index (κ2) is 12.2. The molecule has 3 nitrogen and oxygen atoms in total. The molecule has 1 rings (SSSR count). The second-order valence-corrected chi connectivity index (χ2v) is 2.13. The van der Waals surface area contributed by atoms with Gasteiger partial charge in [-0.05, 0) is 0 Å². The smallest absolute Gasteiger partial charge is 0.0967 e. The van der Waals surface area contributed by atoms with Crippen molar-refractivity contribution < 1.29 is 14.9 Å². The second-order valence-electron chi connectivity index (χ2n) is 1.33. The first-order valence-electron chi connectivity index (χ1n) is 2.69. The molecule has 0 bridgehead atoms. The van der Waals surface area contributed by atoms with Crippen LogP contribution in [0, 0.1) is 0 Å². The van der Waals surface area contributed by atoms with Crippen LogP contribution in [0.15, 0.2) is 0 Å². The largest absolute Gasteiger partial charge is 0.412 e. The Hall–Kier alpha value is 0.460. The minimum absolute atomic E-state index is 0. The summed E-state index contributed by atoms with van der Waals surface area (Å²) < 4.78 is 9.89. The van der Waals surface area contributed by atoms with Crippen LogP contribution in [0.3, 0.4) is 0 Å². The van der Waals surface area contributed by atoms with Crippen molar-refractivity contribution in [2.75, 3.05) is 31.8 Å². The van der Waals surface area contributed by atoms with E-state index in [-0.39, 0.29) is 10.8 Å². The summed E-state index contributed by atoms with van der Waals surface area (Å²) in [7, 11) is 0. The third kappa shape index (κ3) is 11.3. The predicted molar refractivity (Wildman–Crippen MR) is 41.8 cm³/mol. The summed E-state index contributed by atoms with van der Waals surface area (Å²) in [5.74, 6) is 0. The summed E-state index contributed by atoms with van der Waals surface area (Å²) >= 11 is 9.53. The van der Waals surface area contributed by atoms with E-state index >= 15 is 0 Å². The van der Waals surface area contributed by atoms with Crippen LogP contribution in [0.4, 0.5) is 0 Å². The van der Waals surface area contributed by atoms with Gasteiger partial charge in [0, 0.05) is 0 Å². The van der Waals surface area contributed by atoms with Gasteiger partial charge in [-0.2, -0.15) is 0 Å². The van der Waals surface area contributed by atoms with Gasteiger partial charge in [-0.25, -0.2) is 0 Å². The van der Waals surface area contributed by atoms with Crippen molar-refractivity contribution in [3.63, 3.8) is 0 Å². The maximum absolute atomic E-state index is 4.94. The average Bonchev–Trinajstić information content (AvgIpc) is 1.93. The molecule has 0 spiro atoms. The number of hydrogen-bond acceptors (Lipinski definition) is 2. The Morgan fingerprint density at radius 2 is 1.10 bits per heavy atom. The molecule has 0 saturated carbocycles. The molecule has 0 aromatic heterocycles. The van der Waals surface area contributed by atoms with Gasteiger partial charge in [0.05, 0.1) is 31.8 Å². The molecule has 10 heavy (non-hydrogen) atoms. The molecule has 64 valence electrons. The molecule has 0 unspecified atom stereocenters. The molecule has 0 radical (unpaired) electrons. The molecular formula is C5H12Cl2O3. The van der Waals surface area contributed by atoms with Crippen molar-refractivity contribution in [1.29, 1.82) is 0 Å². The van der Waals surface area contributed by atoms with E-state index < -0.39 is 0 Å². The summed E-state index contributed by atoms with van der Waals surface area (Å²) in [6.07, 6.45) is 0. The van der Waals surface area contributed by atoms with E-state index in [1.165, 1.54) is 0 Å². The highest BCUT2D eigenvalue weighted by atomic mass is 35.5. The molecule has 5 heteroatoms. The lowest BCUT2D eigenvalue weighted by Crippen LogP contribution is -2.16. The van der Waals surface area contributed by atoms with Crippen LogP contribution in [-0.2, 0) is 9.47 Å². The average molecular weight is 191 g/mol. The van der Waals surface area contributed by atoms with Crippen LogP contribution in [0.1, 0.15) is 0 Å². The summed E-state index contributed by atoms with van der Waals surface area (Å²) in [6.45, 7) is 3.11. The first-order valence-corrected chi connectivity index (χ1v) is 3.76. The molecule has 1 aliphatic heterocycles. The number of ether oxygens (including phenoxy) is 2. The van der Waals surface area contributed by atoms with Crippen LogP contribution in [0.2, 0.25) is 0 Å². The van der Waals surface area contributed by atoms with E-state index in [9.17, 15) is 0 Å². The summed E-state index contributed by atoms with van der Waals surface area (Å²) in [4.78, 5) is 0. The third-order valence-corrected chi connectivity index (χ3v) is 0.744. The lowest BCUT2D eigenvalue weighted by atomic mass is 10.6. The molecule has 1 aliphatic rings. The van der Waals surface area contributed by atoms with Crippen molar-refractivity contribution in [2.45, 2.75) is 0 Å². The van der Waals surface area contributed by atoms with E-state index in [2.05, 4.69) is 0 Å². The van der Waals surface area contributed by atoms with Gasteiger partial charge in [0.25, 0.3) is 0 Å². The van der Waals surface area contributed by atoms with Crippen LogP contribution >= 0.6 is 23.2 Å². The highest BCUT2D eigenvalue weighted by Gasteiger charge is 1.94. The first kappa shape index (κ1) is 13.1. The standard InChI is InChI=1S/C4H8O2.CH2Cl2.H2O/c1-2-6-4-3-5-1;2-1-3;/h1-4H2;1H2;1H2. The Morgan fingerprint density at radius 3 is 1.20 bits per heavy atom. The predicted octanol–water partition coefficient (Wildman–Crippen LogP) is 0.630. The molecule has 1 fully saturated rings. The molecule has 0 aromatic carbocycles. The Kier molecular flexibility index (Phi) is 15.9. The number of halogens is 2. The van der Waals surface area contributed by atoms with Gasteiger partial charge in [0.1, 0.15) is 0 Å². The van der Waals surface area contributed by atoms with Crippen LogP contribution in [-0.4, -0.2) is 37.2 Å². The monoisotopic (exact) mass is 190 g/mol. The van der Waals surface area contributed by atoms with Crippen molar-refractivity contribution in [3.8, 4) is 0 Å². The first-order chi connectivity index (χ1) is 4.41. The molecule has 0 aromatic rings. The van der Waals surface area contributed by atoms with Crippen LogP contribution in [0.25, 0.3) is 0 Å². The van der Waals surface area contributed by atoms with Gasteiger partial charge in [-0.1, -0.05) is 0 Å². The lowest BCUT2D eigenvalue weighted by molar-refractivity contribution is -0.0334. The van der Waals surface area contributed by atoms with Gasteiger partial charge in [0.15, 0.2) is 0 Å². The zero-order valence-corrected chi connectivity index (χ0v) is 7.12. The van der Waals surface area contributed by atoms with E-state index in [1.807, 2.05) is 0 Å². The van der Waals surface area contributed by atoms with Crippen molar-refractivity contribution in [1.82, 2.24) is 0 Å². The van der Waals surface area contributed by atoms with E-state index in [0.717, 1.165) is 26.4 Å². The molecule has 0 amide bonds. The highest BCUT2D eigenvalue weighted by Crippen LogP contribution is 1.85. The zero-order valence-electron chi connectivity index (χ0n) is 5.61. The molecular weight excluding hydrogens is 179 g/mol. The Balaban J connectivity index is 0. The maximum atomic E-state index is 4.94. The summed E-state index contributed by atoms with van der Waals surface area (Å²) in [5.41, 5.74) is 0. The molecule has 2 N–H and O–H groups in total. The topological polar surface area (TPSA) is 50.0 Å². The van der Waals surface area contributed by atoms with Crippen molar-refractivity contribution >= 4 is 23.2 Å². The molecule has 1 saturated heterocycles. The van der Waals surface area contributed by atoms with E-state index in [0.29, 0.717) is 0 Å².